The minimum absolute atomic E-state index is 0.0487. The van der Waals surface area contributed by atoms with Crippen molar-refractivity contribution >= 4 is 0 Å². The number of morpholine rings is 1. The Morgan fingerprint density at radius 3 is 2.88 bits per heavy atom. The normalized spacial score (nSPS) is 37.5. The zero-order valence-corrected chi connectivity index (χ0v) is 10.4. The molecule has 1 aliphatic carbocycles. The lowest BCUT2D eigenvalue weighted by Gasteiger charge is -2.37. The lowest BCUT2D eigenvalue weighted by Crippen LogP contribution is -2.46. The molecule has 2 rings (SSSR count). The van der Waals surface area contributed by atoms with E-state index in [1.54, 1.807) is 0 Å². The third kappa shape index (κ3) is 3.19. The van der Waals surface area contributed by atoms with Crippen molar-refractivity contribution < 1.29 is 9.84 Å². The molecule has 0 amide bonds. The molecule has 3 atom stereocenters. The van der Waals surface area contributed by atoms with Gasteiger partial charge in [0.15, 0.2) is 0 Å². The van der Waals surface area contributed by atoms with Crippen LogP contribution in [0.5, 0.6) is 0 Å². The van der Waals surface area contributed by atoms with E-state index in [1.807, 2.05) is 0 Å². The lowest BCUT2D eigenvalue weighted by atomic mass is 9.80. The van der Waals surface area contributed by atoms with Crippen LogP contribution in [0, 0.1) is 11.8 Å². The Kier molecular flexibility index (Phi) is 4.62. The van der Waals surface area contributed by atoms with Crippen LogP contribution in [0.15, 0.2) is 0 Å². The summed E-state index contributed by atoms with van der Waals surface area (Å²) in [6, 6.07) is 0. The van der Waals surface area contributed by atoms with Crippen LogP contribution in [-0.2, 0) is 4.74 Å². The molecule has 0 aromatic heterocycles. The number of aliphatic hydroxyl groups excluding tert-OH is 1. The average molecular weight is 227 g/mol. The molecule has 1 N–H and O–H groups in total. The molecule has 1 aliphatic heterocycles. The van der Waals surface area contributed by atoms with E-state index in [2.05, 4.69) is 11.8 Å². The van der Waals surface area contributed by atoms with Crippen molar-refractivity contribution in [2.75, 3.05) is 32.8 Å². The zero-order chi connectivity index (χ0) is 11.4. The highest BCUT2D eigenvalue weighted by molar-refractivity contribution is 4.78. The smallest absolute Gasteiger partial charge is 0.0932 e. The number of ether oxygens (including phenoxy) is 1. The van der Waals surface area contributed by atoms with Crippen LogP contribution in [0.3, 0.4) is 0 Å². The van der Waals surface area contributed by atoms with Crippen molar-refractivity contribution in [3.63, 3.8) is 0 Å². The fourth-order valence-electron chi connectivity index (χ4n) is 3.05. The van der Waals surface area contributed by atoms with Crippen LogP contribution in [0.2, 0.25) is 0 Å². The topological polar surface area (TPSA) is 32.7 Å². The first kappa shape index (κ1) is 12.3. The van der Waals surface area contributed by atoms with Crippen LogP contribution in [0.1, 0.15) is 32.6 Å². The van der Waals surface area contributed by atoms with E-state index in [-0.39, 0.29) is 12.7 Å². The molecule has 0 bridgehead atoms. The average Bonchev–Trinajstić information content (AvgIpc) is 2.32. The molecule has 2 aliphatic rings. The molecule has 0 radical (unpaired) electrons. The Morgan fingerprint density at radius 2 is 2.12 bits per heavy atom. The SMILES string of the molecule is C[C@@H]1CCCC[C@H]1CN1CCO[C@H](CO)C1. The second-order valence-electron chi connectivity index (χ2n) is 5.46. The van der Waals surface area contributed by atoms with Crippen LogP contribution >= 0.6 is 0 Å². The molecule has 3 nitrogen and oxygen atoms in total. The van der Waals surface area contributed by atoms with Gasteiger partial charge in [0, 0.05) is 19.6 Å². The third-order valence-electron chi connectivity index (χ3n) is 4.21. The molecule has 16 heavy (non-hydrogen) atoms. The van der Waals surface area contributed by atoms with Crippen LogP contribution in [0.4, 0.5) is 0 Å². The lowest BCUT2D eigenvalue weighted by molar-refractivity contribution is -0.0591. The quantitative estimate of drug-likeness (QED) is 0.793. The molecular formula is C13H25NO2. The number of hydrogen-bond acceptors (Lipinski definition) is 3. The van der Waals surface area contributed by atoms with E-state index in [9.17, 15) is 0 Å². The molecule has 1 heterocycles. The monoisotopic (exact) mass is 227 g/mol. The van der Waals surface area contributed by atoms with Crippen molar-refractivity contribution in [3.8, 4) is 0 Å². The summed E-state index contributed by atoms with van der Waals surface area (Å²) < 4.78 is 5.48. The number of aliphatic hydroxyl groups is 1. The van der Waals surface area contributed by atoms with E-state index >= 15 is 0 Å². The van der Waals surface area contributed by atoms with Crippen LogP contribution in [-0.4, -0.2) is 49.0 Å². The molecule has 0 aromatic carbocycles. The summed E-state index contributed by atoms with van der Waals surface area (Å²) in [6.07, 6.45) is 5.66. The maximum absolute atomic E-state index is 9.11. The summed E-state index contributed by atoms with van der Waals surface area (Å²) in [4.78, 5) is 2.48. The minimum Gasteiger partial charge on any atom is -0.394 e. The van der Waals surface area contributed by atoms with E-state index in [0.717, 1.165) is 31.5 Å². The van der Waals surface area contributed by atoms with Crippen LogP contribution in [0.25, 0.3) is 0 Å². The molecule has 2 fully saturated rings. The van der Waals surface area contributed by atoms with Crippen molar-refractivity contribution in [1.29, 1.82) is 0 Å². The summed E-state index contributed by atoms with van der Waals surface area (Å²) in [5.41, 5.74) is 0. The van der Waals surface area contributed by atoms with Crippen molar-refractivity contribution in [1.82, 2.24) is 4.90 Å². The predicted molar refractivity (Wildman–Crippen MR) is 64.4 cm³/mol. The van der Waals surface area contributed by atoms with Gasteiger partial charge < -0.3 is 9.84 Å². The van der Waals surface area contributed by atoms with E-state index in [1.165, 1.54) is 32.2 Å². The standard InChI is InChI=1S/C13H25NO2/c1-11-4-2-3-5-12(11)8-14-6-7-16-13(9-14)10-15/h11-13,15H,2-10H2,1H3/t11-,12+,13+/m1/s1. The minimum atomic E-state index is 0.0487. The van der Waals surface area contributed by atoms with Crippen molar-refractivity contribution in [3.05, 3.63) is 0 Å². The second-order valence-corrected chi connectivity index (χ2v) is 5.46. The summed E-state index contributed by atoms with van der Waals surface area (Å²) in [5.74, 6) is 1.75. The maximum Gasteiger partial charge on any atom is 0.0932 e. The summed E-state index contributed by atoms with van der Waals surface area (Å²) in [7, 11) is 0. The fourth-order valence-corrected chi connectivity index (χ4v) is 3.05. The number of hydrogen-bond donors (Lipinski definition) is 1. The van der Waals surface area contributed by atoms with Crippen molar-refractivity contribution in [2.24, 2.45) is 11.8 Å². The molecule has 0 unspecified atom stereocenters. The van der Waals surface area contributed by atoms with Gasteiger partial charge in [-0.3, -0.25) is 4.90 Å². The van der Waals surface area contributed by atoms with E-state index < -0.39 is 0 Å². The molecule has 1 saturated heterocycles. The largest absolute Gasteiger partial charge is 0.394 e. The van der Waals surface area contributed by atoms with Crippen LogP contribution < -0.4 is 0 Å². The first-order valence-corrected chi connectivity index (χ1v) is 6.74. The van der Waals surface area contributed by atoms with Gasteiger partial charge in [-0.2, -0.15) is 0 Å². The summed E-state index contributed by atoms with van der Waals surface area (Å²) >= 11 is 0. The fraction of sp³-hybridized carbons (Fsp3) is 1.00. The van der Waals surface area contributed by atoms with Gasteiger partial charge in [0.25, 0.3) is 0 Å². The molecule has 3 heteroatoms. The molecule has 94 valence electrons. The van der Waals surface area contributed by atoms with Crippen molar-refractivity contribution in [2.45, 2.75) is 38.7 Å². The van der Waals surface area contributed by atoms with Gasteiger partial charge in [-0.05, 0) is 18.3 Å². The predicted octanol–water partition coefficient (Wildman–Crippen LogP) is 1.51. The highest BCUT2D eigenvalue weighted by Gasteiger charge is 2.26. The summed E-state index contributed by atoms with van der Waals surface area (Å²) in [6.45, 7) is 6.51. The molecule has 0 spiro atoms. The Balaban J connectivity index is 1.79. The van der Waals surface area contributed by atoms with Gasteiger partial charge >= 0.3 is 0 Å². The number of nitrogens with zero attached hydrogens (tertiary/aromatic N) is 1. The summed E-state index contributed by atoms with van der Waals surface area (Å²) in [5, 5.41) is 9.11. The van der Waals surface area contributed by atoms with Gasteiger partial charge in [-0.15, -0.1) is 0 Å². The van der Waals surface area contributed by atoms with Gasteiger partial charge in [-0.1, -0.05) is 26.2 Å². The molecule has 1 saturated carbocycles. The highest BCUT2D eigenvalue weighted by atomic mass is 16.5. The first-order valence-electron chi connectivity index (χ1n) is 6.74. The Hall–Kier alpha value is -0.120. The maximum atomic E-state index is 9.11. The number of rotatable bonds is 3. The Bertz CT molecular complexity index is 210. The van der Waals surface area contributed by atoms with Gasteiger partial charge in [0.05, 0.1) is 19.3 Å². The van der Waals surface area contributed by atoms with E-state index in [4.69, 9.17) is 9.84 Å². The Labute approximate surface area is 98.8 Å². The van der Waals surface area contributed by atoms with Gasteiger partial charge in [0.2, 0.25) is 0 Å². The van der Waals surface area contributed by atoms with Gasteiger partial charge in [0.1, 0.15) is 0 Å². The van der Waals surface area contributed by atoms with Gasteiger partial charge in [-0.25, -0.2) is 0 Å². The third-order valence-corrected chi connectivity index (χ3v) is 4.21. The molecular weight excluding hydrogens is 202 g/mol. The zero-order valence-electron chi connectivity index (χ0n) is 10.4. The van der Waals surface area contributed by atoms with E-state index in [0.29, 0.717) is 0 Å². The highest BCUT2D eigenvalue weighted by Crippen LogP contribution is 2.30. The molecule has 0 aromatic rings. The first-order chi connectivity index (χ1) is 7.79. The Morgan fingerprint density at radius 1 is 1.31 bits per heavy atom. The second kappa shape index (κ2) is 5.99.